The summed E-state index contributed by atoms with van der Waals surface area (Å²) in [5.74, 6) is 1.37. The molecule has 0 unspecified atom stereocenters. The second-order valence-electron chi connectivity index (χ2n) is 9.55. The molecule has 3 rings (SSSR count). The van der Waals surface area contributed by atoms with Crippen molar-refractivity contribution >= 4 is 17.2 Å². The van der Waals surface area contributed by atoms with Crippen LogP contribution in [0.2, 0.25) is 0 Å². The van der Waals surface area contributed by atoms with Crippen molar-refractivity contribution in [1.29, 1.82) is 0 Å². The maximum atomic E-state index is 13.4. The summed E-state index contributed by atoms with van der Waals surface area (Å²) in [6.07, 6.45) is 0.324. The van der Waals surface area contributed by atoms with Crippen LogP contribution in [-0.2, 0) is 16.0 Å². The molecule has 0 saturated carbocycles. The Morgan fingerprint density at radius 2 is 1.94 bits per heavy atom. The van der Waals surface area contributed by atoms with Gasteiger partial charge in [0.15, 0.2) is 0 Å². The zero-order chi connectivity index (χ0) is 24.7. The molecule has 1 aliphatic heterocycles. The van der Waals surface area contributed by atoms with Crippen LogP contribution in [-0.4, -0.2) is 72.4 Å². The van der Waals surface area contributed by atoms with Crippen molar-refractivity contribution in [2.75, 3.05) is 39.4 Å². The van der Waals surface area contributed by atoms with E-state index >= 15 is 0 Å². The molecular formula is C27H40N2O4S. The minimum Gasteiger partial charge on any atom is -0.491 e. The Bertz CT molecular complexity index is 896. The van der Waals surface area contributed by atoms with E-state index in [9.17, 15) is 9.90 Å². The van der Waals surface area contributed by atoms with Crippen molar-refractivity contribution in [3.8, 4) is 5.75 Å². The molecule has 2 atom stereocenters. The van der Waals surface area contributed by atoms with Gasteiger partial charge in [-0.3, -0.25) is 9.69 Å². The number of hydrogen-bond donors (Lipinski definition) is 1. The number of thiophene rings is 1. The molecule has 0 fully saturated rings. The van der Waals surface area contributed by atoms with Gasteiger partial charge in [0, 0.05) is 18.0 Å². The molecule has 2 heterocycles. The van der Waals surface area contributed by atoms with Gasteiger partial charge in [0.1, 0.15) is 12.4 Å². The SMILES string of the molecule is CCN(CC(=O)N1CCc2sccc2[C@H]1COc1ccc(C(C)C)cc1)C[C@@H](O)COC(C)C. The van der Waals surface area contributed by atoms with Crippen LogP contribution in [0.15, 0.2) is 35.7 Å². The number of hydrogen-bond acceptors (Lipinski definition) is 6. The third kappa shape index (κ3) is 7.28. The van der Waals surface area contributed by atoms with Crippen molar-refractivity contribution in [1.82, 2.24) is 9.80 Å². The number of ether oxygens (including phenoxy) is 2. The summed E-state index contributed by atoms with van der Waals surface area (Å²) in [5.41, 5.74) is 2.47. The third-order valence-corrected chi connectivity index (χ3v) is 7.26. The first-order valence-corrected chi connectivity index (χ1v) is 13.3. The number of carbonyl (C=O) groups excluding carboxylic acids is 1. The number of aliphatic hydroxyl groups is 1. The fourth-order valence-electron chi connectivity index (χ4n) is 4.24. The van der Waals surface area contributed by atoms with E-state index < -0.39 is 6.10 Å². The van der Waals surface area contributed by atoms with Gasteiger partial charge in [0.05, 0.1) is 31.4 Å². The molecule has 2 aromatic rings. The van der Waals surface area contributed by atoms with Crippen LogP contribution in [0.25, 0.3) is 0 Å². The van der Waals surface area contributed by atoms with Crippen LogP contribution in [0.4, 0.5) is 0 Å². The van der Waals surface area contributed by atoms with Gasteiger partial charge in [-0.15, -0.1) is 11.3 Å². The van der Waals surface area contributed by atoms with Crippen LogP contribution >= 0.6 is 11.3 Å². The average Bonchev–Trinajstić information content (AvgIpc) is 3.30. The van der Waals surface area contributed by atoms with Crippen molar-refractivity contribution in [3.05, 3.63) is 51.7 Å². The largest absolute Gasteiger partial charge is 0.491 e. The van der Waals surface area contributed by atoms with E-state index in [1.807, 2.05) is 42.7 Å². The summed E-state index contributed by atoms with van der Waals surface area (Å²) in [4.78, 5) is 18.7. The second-order valence-corrected chi connectivity index (χ2v) is 10.6. The first kappa shape index (κ1) is 26.7. The highest BCUT2D eigenvalue weighted by molar-refractivity contribution is 7.10. The molecule has 0 radical (unpaired) electrons. The van der Waals surface area contributed by atoms with Gasteiger partial charge >= 0.3 is 0 Å². The van der Waals surface area contributed by atoms with Crippen LogP contribution in [0, 0.1) is 0 Å². The van der Waals surface area contributed by atoms with E-state index in [0.29, 0.717) is 32.2 Å². The van der Waals surface area contributed by atoms with Crippen molar-refractivity contribution in [3.63, 3.8) is 0 Å². The van der Waals surface area contributed by atoms with E-state index in [-0.39, 0.29) is 31.2 Å². The standard InChI is InChI=1S/C27H40N2O4S/c1-6-28(15-22(30)17-32-20(4)5)16-27(31)29-13-11-26-24(12-14-34-26)25(29)18-33-23-9-7-21(8-10-23)19(2)3/h7-10,12,14,19-20,22,25,30H,6,11,13,15-18H2,1-5H3/t22-,25-/m1/s1. The summed E-state index contributed by atoms with van der Waals surface area (Å²) in [6, 6.07) is 10.2. The van der Waals surface area contributed by atoms with Crippen LogP contribution in [0.5, 0.6) is 5.75 Å². The van der Waals surface area contributed by atoms with Gasteiger partial charge in [-0.1, -0.05) is 32.9 Å². The molecule has 1 aromatic heterocycles. The van der Waals surface area contributed by atoms with Gasteiger partial charge in [-0.25, -0.2) is 0 Å². The average molecular weight is 489 g/mol. The molecule has 0 spiro atoms. The zero-order valence-electron chi connectivity index (χ0n) is 21.2. The first-order valence-electron chi connectivity index (χ1n) is 12.4. The normalized spacial score (nSPS) is 16.9. The van der Waals surface area contributed by atoms with E-state index in [2.05, 4.69) is 37.4 Å². The maximum Gasteiger partial charge on any atom is 0.237 e. The number of fused-ring (bicyclic) bond motifs is 1. The molecule has 0 saturated heterocycles. The Kier molecular flexibility index (Phi) is 9.95. The summed E-state index contributed by atoms with van der Waals surface area (Å²) in [5, 5.41) is 12.4. The van der Waals surface area contributed by atoms with Crippen molar-refractivity contribution in [2.24, 2.45) is 0 Å². The Morgan fingerprint density at radius 1 is 1.21 bits per heavy atom. The highest BCUT2D eigenvalue weighted by Crippen LogP contribution is 2.34. The lowest BCUT2D eigenvalue weighted by Gasteiger charge is -2.37. The lowest BCUT2D eigenvalue weighted by Crippen LogP contribution is -2.48. The Morgan fingerprint density at radius 3 is 2.59 bits per heavy atom. The van der Waals surface area contributed by atoms with Gasteiger partial charge in [0.2, 0.25) is 5.91 Å². The van der Waals surface area contributed by atoms with E-state index in [1.165, 1.54) is 16.0 Å². The maximum absolute atomic E-state index is 13.4. The molecule has 1 amide bonds. The summed E-state index contributed by atoms with van der Waals surface area (Å²) < 4.78 is 11.7. The first-order chi connectivity index (χ1) is 16.3. The topological polar surface area (TPSA) is 62.2 Å². The zero-order valence-corrected chi connectivity index (χ0v) is 22.0. The fraction of sp³-hybridized carbons (Fsp3) is 0.593. The van der Waals surface area contributed by atoms with Crippen molar-refractivity contribution < 1.29 is 19.4 Å². The molecule has 1 aliphatic rings. The van der Waals surface area contributed by atoms with Gasteiger partial charge in [-0.2, -0.15) is 0 Å². The Labute approximate surface area is 208 Å². The third-order valence-electron chi connectivity index (χ3n) is 6.27. The molecule has 1 aromatic carbocycles. The number of aliphatic hydroxyl groups excluding tert-OH is 1. The number of nitrogens with zero attached hydrogens (tertiary/aromatic N) is 2. The van der Waals surface area contributed by atoms with Gasteiger partial charge in [-0.05, 0) is 67.4 Å². The second kappa shape index (κ2) is 12.7. The molecule has 34 heavy (non-hydrogen) atoms. The Balaban J connectivity index is 1.65. The van der Waals surface area contributed by atoms with Crippen LogP contribution in [0.3, 0.4) is 0 Å². The highest BCUT2D eigenvalue weighted by atomic mass is 32.1. The summed E-state index contributed by atoms with van der Waals surface area (Å²) >= 11 is 1.75. The quantitative estimate of drug-likeness (QED) is 0.477. The molecule has 0 bridgehead atoms. The molecular weight excluding hydrogens is 448 g/mol. The number of rotatable bonds is 12. The van der Waals surface area contributed by atoms with Gasteiger partial charge < -0.3 is 19.5 Å². The monoisotopic (exact) mass is 488 g/mol. The molecule has 0 aliphatic carbocycles. The number of carbonyl (C=O) groups is 1. The van der Waals surface area contributed by atoms with Crippen molar-refractivity contribution in [2.45, 2.75) is 65.2 Å². The lowest BCUT2D eigenvalue weighted by molar-refractivity contribution is -0.136. The van der Waals surface area contributed by atoms with E-state index in [0.717, 1.165) is 12.2 Å². The van der Waals surface area contributed by atoms with Crippen LogP contribution < -0.4 is 4.74 Å². The number of benzene rings is 1. The van der Waals surface area contributed by atoms with E-state index in [4.69, 9.17) is 9.47 Å². The summed E-state index contributed by atoms with van der Waals surface area (Å²) in [6.45, 7) is 13.0. The van der Waals surface area contributed by atoms with Gasteiger partial charge in [0.25, 0.3) is 0 Å². The smallest absolute Gasteiger partial charge is 0.237 e. The number of likely N-dealkylation sites (N-methyl/N-ethyl adjacent to an activating group) is 1. The Hall–Kier alpha value is -1.93. The van der Waals surface area contributed by atoms with Crippen LogP contribution in [0.1, 0.15) is 62.6 Å². The van der Waals surface area contributed by atoms with E-state index in [1.54, 1.807) is 11.3 Å². The molecule has 6 nitrogen and oxygen atoms in total. The molecule has 188 valence electrons. The highest BCUT2D eigenvalue weighted by Gasteiger charge is 2.33. The lowest BCUT2D eigenvalue weighted by atomic mass is 10.00. The predicted octanol–water partition coefficient (Wildman–Crippen LogP) is 4.48. The minimum absolute atomic E-state index is 0.0689. The number of amides is 1. The minimum atomic E-state index is -0.618. The fourth-order valence-corrected chi connectivity index (χ4v) is 5.17. The summed E-state index contributed by atoms with van der Waals surface area (Å²) in [7, 11) is 0. The predicted molar refractivity (Wildman–Crippen MR) is 138 cm³/mol. The molecule has 1 N–H and O–H groups in total. The molecule has 7 heteroatoms.